The Morgan fingerprint density at radius 3 is 3.00 bits per heavy atom. The third-order valence-corrected chi connectivity index (χ3v) is 2.26. The molecule has 4 nitrogen and oxygen atoms in total. The fourth-order valence-electron chi connectivity index (χ4n) is 1.34. The van der Waals surface area contributed by atoms with Gasteiger partial charge in [0.15, 0.2) is 0 Å². The smallest absolute Gasteiger partial charge is 0.229 e. The van der Waals surface area contributed by atoms with Gasteiger partial charge in [-0.2, -0.15) is 4.98 Å². The summed E-state index contributed by atoms with van der Waals surface area (Å²) < 4.78 is 5.01. The normalized spacial score (nSPS) is 12.7. The predicted molar refractivity (Wildman–Crippen MR) is 60.1 cm³/mol. The van der Waals surface area contributed by atoms with E-state index < -0.39 is 6.10 Å². The summed E-state index contributed by atoms with van der Waals surface area (Å²) in [6.45, 7) is 1.67. The molecule has 84 valence electrons. The number of hydrogen-bond acceptors (Lipinski definition) is 4. The van der Waals surface area contributed by atoms with Gasteiger partial charge in [0.2, 0.25) is 11.7 Å². The van der Waals surface area contributed by atoms with Gasteiger partial charge in [-0.05, 0) is 19.1 Å². The van der Waals surface area contributed by atoms with Gasteiger partial charge >= 0.3 is 0 Å². The summed E-state index contributed by atoms with van der Waals surface area (Å²) in [5.41, 5.74) is 0.799. The van der Waals surface area contributed by atoms with Gasteiger partial charge in [-0.1, -0.05) is 28.9 Å². The summed E-state index contributed by atoms with van der Waals surface area (Å²) in [5.74, 6) is 0.906. The molecule has 0 fully saturated rings. The number of benzene rings is 1. The van der Waals surface area contributed by atoms with E-state index in [-0.39, 0.29) is 0 Å². The molecule has 1 heterocycles. The highest BCUT2D eigenvalue weighted by atomic mass is 35.5. The zero-order valence-electron chi connectivity index (χ0n) is 8.72. The highest BCUT2D eigenvalue weighted by Crippen LogP contribution is 2.20. The molecular weight excluding hydrogens is 228 g/mol. The van der Waals surface area contributed by atoms with E-state index in [1.54, 1.807) is 19.1 Å². The highest BCUT2D eigenvalue weighted by molar-refractivity contribution is 6.30. The van der Waals surface area contributed by atoms with Crippen LogP contribution in [-0.2, 0) is 6.42 Å². The van der Waals surface area contributed by atoms with Crippen LogP contribution < -0.4 is 0 Å². The van der Waals surface area contributed by atoms with Crippen molar-refractivity contribution in [1.82, 2.24) is 10.1 Å². The molecule has 0 bridgehead atoms. The van der Waals surface area contributed by atoms with Crippen LogP contribution in [0.5, 0.6) is 0 Å². The van der Waals surface area contributed by atoms with E-state index >= 15 is 0 Å². The van der Waals surface area contributed by atoms with Crippen molar-refractivity contribution in [2.75, 3.05) is 0 Å². The summed E-state index contributed by atoms with van der Waals surface area (Å²) in [6.07, 6.45) is -0.138. The van der Waals surface area contributed by atoms with Gasteiger partial charge in [0, 0.05) is 10.6 Å². The summed E-state index contributed by atoms with van der Waals surface area (Å²) in [7, 11) is 0. The summed E-state index contributed by atoms with van der Waals surface area (Å²) >= 11 is 5.86. The van der Waals surface area contributed by atoms with E-state index in [1.807, 2.05) is 12.1 Å². The quantitative estimate of drug-likeness (QED) is 0.892. The van der Waals surface area contributed by atoms with Crippen molar-refractivity contribution in [2.24, 2.45) is 0 Å². The predicted octanol–water partition coefficient (Wildman–Crippen LogP) is 2.31. The van der Waals surface area contributed by atoms with Gasteiger partial charge in [0.1, 0.15) is 0 Å². The third-order valence-electron chi connectivity index (χ3n) is 2.02. The lowest BCUT2D eigenvalue weighted by molar-refractivity contribution is 0.181. The zero-order valence-corrected chi connectivity index (χ0v) is 9.48. The molecule has 0 aliphatic heterocycles. The van der Waals surface area contributed by atoms with Gasteiger partial charge < -0.3 is 9.63 Å². The molecule has 1 aromatic heterocycles. The van der Waals surface area contributed by atoms with Crippen molar-refractivity contribution in [3.8, 4) is 11.4 Å². The molecule has 0 aliphatic rings. The van der Waals surface area contributed by atoms with Crippen molar-refractivity contribution in [3.05, 3.63) is 35.2 Å². The topological polar surface area (TPSA) is 59.2 Å². The standard InChI is InChI=1S/C11H11ClN2O2/c1-7(15)5-10-13-11(14-16-10)8-3-2-4-9(12)6-8/h2-4,6-7,15H,5H2,1H3. The van der Waals surface area contributed by atoms with Crippen LogP contribution in [0, 0.1) is 0 Å². The molecular formula is C11H11ClN2O2. The lowest BCUT2D eigenvalue weighted by atomic mass is 10.2. The lowest BCUT2D eigenvalue weighted by Gasteiger charge is -1.96. The Balaban J connectivity index is 2.24. The van der Waals surface area contributed by atoms with Gasteiger partial charge in [0.25, 0.3) is 0 Å². The first-order chi connectivity index (χ1) is 7.65. The highest BCUT2D eigenvalue weighted by Gasteiger charge is 2.10. The molecule has 0 aliphatic carbocycles. The molecule has 2 rings (SSSR count). The summed E-state index contributed by atoms with van der Waals surface area (Å²) in [4.78, 5) is 4.17. The van der Waals surface area contributed by atoms with E-state index in [1.165, 1.54) is 0 Å². The largest absolute Gasteiger partial charge is 0.393 e. The van der Waals surface area contributed by atoms with Gasteiger partial charge in [-0.15, -0.1) is 0 Å². The van der Waals surface area contributed by atoms with E-state index in [0.717, 1.165) is 5.56 Å². The minimum absolute atomic E-state index is 0.355. The lowest BCUT2D eigenvalue weighted by Crippen LogP contribution is -2.04. The zero-order chi connectivity index (χ0) is 11.5. The van der Waals surface area contributed by atoms with Crippen LogP contribution in [0.1, 0.15) is 12.8 Å². The van der Waals surface area contributed by atoms with Crippen LogP contribution in [0.25, 0.3) is 11.4 Å². The Bertz CT molecular complexity index is 482. The van der Waals surface area contributed by atoms with Crippen LogP contribution in [0.4, 0.5) is 0 Å². The van der Waals surface area contributed by atoms with Crippen molar-refractivity contribution in [2.45, 2.75) is 19.4 Å². The maximum absolute atomic E-state index is 9.18. The average molecular weight is 239 g/mol. The molecule has 1 atom stereocenters. The first-order valence-electron chi connectivity index (χ1n) is 4.92. The minimum Gasteiger partial charge on any atom is -0.393 e. The number of halogens is 1. The van der Waals surface area contributed by atoms with Crippen LogP contribution in [0.15, 0.2) is 28.8 Å². The molecule has 1 N–H and O–H groups in total. The molecule has 5 heteroatoms. The maximum atomic E-state index is 9.18. The van der Waals surface area contributed by atoms with E-state index in [4.69, 9.17) is 16.1 Å². The Kier molecular flexibility index (Phi) is 3.22. The Morgan fingerprint density at radius 2 is 2.31 bits per heavy atom. The Hall–Kier alpha value is -1.39. The van der Waals surface area contributed by atoms with E-state index in [9.17, 15) is 5.11 Å². The summed E-state index contributed by atoms with van der Waals surface area (Å²) in [6, 6.07) is 7.21. The van der Waals surface area contributed by atoms with Crippen molar-refractivity contribution in [1.29, 1.82) is 0 Å². The molecule has 0 amide bonds. The van der Waals surface area contributed by atoms with E-state index in [2.05, 4.69) is 10.1 Å². The number of rotatable bonds is 3. The Labute approximate surface area is 97.9 Å². The molecule has 1 unspecified atom stereocenters. The number of hydrogen-bond donors (Lipinski definition) is 1. The average Bonchev–Trinajstić information content (AvgIpc) is 2.65. The number of aliphatic hydroxyl groups is 1. The second-order valence-corrected chi connectivity index (χ2v) is 4.01. The molecule has 16 heavy (non-hydrogen) atoms. The van der Waals surface area contributed by atoms with Crippen molar-refractivity contribution in [3.63, 3.8) is 0 Å². The van der Waals surface area contributed by atoms with Gasteiger partial charge in [0.05, 0.1) is 12.5 Å². The van der Waals surface area contributed by atoms with Crippen LogP contribution in [0.2, 0.25) is 5.02 Å². The third kappa shape index (κ3) is 2.59. The molecule has 0 saturated heterocycles. The molecule has 1 aromatic carbocycles. The minimum atomic E-state index is -0.493. The van der Waals surface area contributed by atoms with Crippen LogP contribution in [0.3, 0.4) is 0 Å². The molecule has 2 aromatic rings. The van der Waals surface area contributed by atoms with Gasteiger partial charge in [-0.25, -0.2) is 0 Å². The van der Waals surface area contributed by atoms with E-state index in [0.29, 0.717) is 23.2 Å². The second-order valence-electron chi connectivity index (χ2n) is 3.58. The van der Waals surface area contributed by atoms with Crippen LogP contribution in [-0.4, -0.2) is 21.4 Å². The molecule has 0 saturated carbocycles. The number of nitrogens with zero attached hydrogens (tertiary/aromatic N) is 2. The monoisotopic (exact) mass is 238 g/mol. The molecule has 0 spiro atoms. The fraction of sp³-hybridized carbons (Fsp3) is 0.273. The van der Waals surface area contributed by atoms with Crippen molar-refractivity contribution >= 4 is 11.6 Å². The van der Waals surface area contributed by atoms with Gasteiger partial charge in [-0.3, -0.25) is 0 Å². The number of aliphatic hydroxyl groups excluding tert-OH is 1. The van der Waals surface area contributed by atoms with Crippen molar-refractivity contribution < 1.29 is 9.63 Å². The first kappa shape index (κ1) is 11.1. The SMILES string of the molecule is CC(O)Cc1nc(-c2cccc(Cl)c2)no1. The molecule has 0 radical (unpaired) electrons. The first-order valence-corrected chi connectivity index (χ1v) is 5.29. The maximum Gasteiger partial charge on any atom is 0.229 e. The fourth-order valence-corrected chi connectivity index (χ4v) is 1.53. The number of aromatic nitrogens is 2. The Morgan fingerprint density at radius 1 is 1.50 bits per heavy atom. The van der Waals surface area contributed by atoms with Crippen LogP contribution >= 0.6 is 11.6 Å². The second kappa shape index (κ2) is 4.63. The summed E-state index contributed by atoms with van der Waals surface area (Å²) in [5, 5.41) is 13.6.